The second kappa shape index (κ2) is 6.93. The minimum atomic E-state index is -0.0774. The van der Waals surface area contributed by atoms with Crippen LogP contribution < -0.4 is 9.47 Å². The number of amides is 1. The molecule has 1 amide bonds. The molecule has 1 aliphatic heterocycles. The first-order valence-electron chi connectivity index (χ1n) is 6.84. The van der Waals surface area contributed by atoms with Gasteiger partial charge >= 0.3 is 0 Å². The second-order valence-electron chi connectivity index (χ2n) is 4.61. The summed E-state index contributed by atoms with van der Waals surface area (Å²) in [4.78, 5) is 24.7. The fraction of sp³-hybridized carbons (Fsp3) is 0.467. The highest BCUT2D eigenvalue weighted by molar-refractivity contribution is 5.83. The molecular weight excluding hydrogens is 258 g/mol. The van der Waals surface area contributed by atoms with E-state index in [4.69, 9.17) is 9.47 Å². The quantitative estimate of drug-likeness (QED) is 0.821. The van der Waals surface area contributed by atoms with Crippen LogP contribution in [0.5, 0.6) is 11.5 Å². The van der Waals surface area contributed by atoms with Crippen LogP contribution in [0.3, 0.4) is 0 Å². The van der Waals surface area contributed by atoms with Gasteiger partial charge in [-0.05, 0) is 31.2 Å². The lowest BCUT2D eigenvalue weighted by atomic mass is 10.1. The van der Waals surface area contributed by atoms with Gasteiger partial charge in [-0.25, -0.2) is 0 Å². The molecule has 1 aromatic carbocycles. The van der Waals surface area contributed by atoms with E-state index in [2.05, 4.69) is 0 Å². The fourth-order valence-electron chi connectivity index (χ4n) is 2.04. The molecule has 0 aromatic heterocycles. The molecule has 0 atom stereocenters. The zero-order valence-corrected chi connectivity index (χ0v) is 11.6. The minimum Gasteiger partial charge on any atom is -0.494 e. The lowest BCUT2D eigenvalue weighted by Gasteiger charge is -2.25. The van der Waals surface area contributed by atoms with Gasteiger partial charge in [0.05, 0.1) is 6.61 Å². The molecule has 1 fully saturated rings. The molecule has 5 heteroatoms. The lowest BCUT2D eigenvalue weighted by Crippen LogP contribution is -2.41. The fourth-order valence-corrected chi connectivity index (χ4v) is 2.04. The average molecular weight is 277 g/mol. The molecule has 0 saturated carbocycles. The van der Waals surface area contributed by atoms with Gasteiger partial charge in [-0.3, -0.25) is 9.59 Å². The highest BCUT2D eigenvalue weighted by atomic mass is 16.5. The molecule has 1 aliphatic rings. The van der Waals surface area contributed by atoms with Crippen molar-refractivity contribution in [2.75, 3.05) is 26.3 Å². The van der Waals surface area contributed by atoms with Gasteiger partial charge in [-0.2, -0.15) is 0 Å². The predicted molar refractivity (Wildman–Crippen MR) is 73.9 cm³/mol. The molecule has 0 unspecified atom stereocenters. The summed E-state index contributed by atoms with van der Waals surface area (Å²) in [7, 11) is 0. The Kier molecular flexibility index (Phi) is 4.98. The van der Waals surface area contributed by atoms with Crippen LogP contribution in [0, 0.1) is 0 Å². The van der Waals surface area contributed by atoms with Crippen molar-refractivity contribution < 1.29 is 19.1 Å². The van der Waals surface area contributed by atoms with E-state index in [1.54, 1.807) is 17.0 Å². The van der Waals surface area contributed by atoms with Crippen molar-refractivity contribution in [2.24, 2.45) is 0 Å². The minimum absolute atomic E-state index is 0.00215. The molecule has 108 valence electrons. The van der Waals surface area contributed by atoms with Crippen molar-refractivity contribution in [2.45, 2.75) is 19.8 Å². The Labute approximate surface area is 118 Å². The van der Waals surface area contributed by atoms with Crippen molar-refractivity contribution in [3.8, 4) is 11.5 Å². The standard InChI is InChI=1S/C15H19NO4/c1-2-19-13-3-5-14(6-4-13)20-11-15(18)16-9-7-12(17)8-10-16/h3-6H,2,7-11H2,1H3. The second-order valence-corrected chi connectivity index (χ2v) is 4.61. The van der Waals surface area contributed by atoms with Gasteiger partial charge in [0.15, 0.2) is 6.61 Å². The van der Waals surface area contributed by atoms with Crippen LogP contribution in [0.15, 0.2) is 24.3 Å². The van der Waals surface area contributed by atoms with Crippen molar-refractivity contribution in [1.29, 1.82) is 0 Å². The number of ketones is 1. The number of piperidine rings is 1. The highest BCUT2D eigenvalue weighted by Crippen LogP contribution is 2.17. The van der Waals surface area contributed by atoms with Gasteiger partial charge in [0.2, 0.25) is 0 Å². The third kappa shape index (κ3) is 3.98. The number of hydrogen-bond donors (Lipinski definition) is 0. The number of hydrogen-bond acceptors (Lipinski definition) is 4. The van der Waals surface area contributed by atoms with Crippen LogP contribution in [-0.2, 0) is 9.59 Å². The number of benzene rings is 1. The zero-order valence-electron chi connectivity index (χ0n) is 11.6. The molecule has 0 bridgehead atoms. The van der Waals surface area contributed by atoms with Crippen LogP contribution in [-0.4, -0.2) is 42.9 Å². The van der Waals surface area contributed by atoms with Crippen LogP contribution in [0.25, 0.3) is 0 Å². The zero-order chi connectivity index (χ0) is 14.4. The summed E-state index contributed by atoms with van der Waals surface area (Å²) in [6, 6.07) is 7.17. The maximum Gasteiger partial charge on any atom is 0.260 e. The van der Waals surface area contributed by atoms with Crippen LogP contribution in [0.2, 0.25) is 0 Å². The molecule has 1 aromatic rings. The number of Topliss-reactive ketones (excluding diaryl/α,β-unsaturated/α-hetero) is 1. The van der Waals surface area contributed by atoms with Gasteiger partial charge in [-0.15, -0.1) is 0 Å². The van der Waals surface area contributed by atoms with E-state index >= 15 is 0 Å². The monoisotopic (exact) mass is 277 g/mol. The summed E-state index contributed by atoms with van der Waals surface area (Å²) in [5.41, 5.74) is 0. The molecule has 2 rings (SSSR count). The van der Waals surface area contributed by atoms with E-state index in [0.29, 0.717) is 38.3 Å². The van der Waals surface area contributed by atoms with E-state index in [9.17, 15) is 9.59 Å². The van der Waals surface area contributed by atoms with E-state index < -0.39 is 0 Å². The van der Waals surface area contributed by atoms with E-state index in [-0.39, 0.29) is 18.3 Å². The molecule has 0 radical (unpaired) electrons. The van der Waals surface area contributed by atoms with Crippen LogP contribution in [0.1, 0.15) is 19.8 Å². The normalized spacial score (nSPS) is 15.1. The summed E-state index contributed by atoms with van der Waals surface area (Å²) in [5, 5.41) is 0. The molecule has 0 spiro atoms. The van der Waals surface area contributed by atoms with Crippen molar-refractivity contribution in [1.82, 2.24) is 4.90 Å². The number of carbonyl (C=O) groups is 2. The first kappa shape index (κ1) is 14.4. The maximum atomic E-state index is 11.9. The first-order chi connectivity index (χ1) is 9.69. The molecule has 0 aliphatic carbocycles. The van der Waals surface area contributed by atoms with Crippen LogP contribution in [0.4, 0.5) is 0 Å². The topological polar surface area (TPSA) is 55.8 Å². The Hall–Kier alpha value is -2.04. The van der Waals surface area contributed by atoms with E-state index in [1.165, 1.54) is 0 Å². The van der Waals surface area contributed by atoms with Crippen molar-refractivity contribution in [3.63, 3.8) is 0 Å². The van der Waals surface area contributed by atoms with E-state index in [1.807, 2.05) is 19.1 Å². The Morgan fingerprint density at radius 2 is 1.65 bits per heavy atom. The smallest absolute Gasteiger partial charge is 0.260 e. The van der Waals surface area contributed by atoms with Gasteiger partial charge < -0.3 is 14.4 Å². The van der Waals surface area contributed by atoms with Gasteiger partial charge in [-0.1, -0.05) is 0 Å². The predicted octanol–water partition coefficient (Wildman–Crippen LogP) is 1.66. The van der Waals surface area contributed by atoms with Crippen LogP contribution >= 0.6 is 0 Å². The summed E-state index contributed by atoms with van der Waals surface area (Å²) in [6.07, 6.45) is 0.906. The summed E-state index contributed by atoms with van der Waals surface area (Å²) >= 11 is 0. The Morgan fingerprint density at radius 1 is 1.10 bits per heavy atom. The number of nitrogens with zero attached hydrogens (tertiary/aromatic N) is 1. The van der Waals surface area contributed by atoms with Gasteiger partial charge in [0.25, 0.3) is 5.91 Å². The van der Waals surface area contributed by atoms with Crippen molar-refractivity contribution >= 4 is 11.7 Å². The molecule has 1 saturated heterocycles. The Balaban J connectivity index is 1.79. The first-order valence-corrected chi connectivity index (χ1v) is 6.84. The molecule has 0 N–H and O–H groups in total. The van der Waals surface area contributed by atoms with Crippen molar-refractivity contribution in [3.05, 3.63) is 24.3 Å². The highest BCUT2D eigenvalue weighted by Gasteiger charge is 2.20. The Morgan fingerprint density at radius 3 is 2.20 bits per heavy atom. The average Bonchev–Trinajstić information content (AvgIpc) is 2.47. The number of ether oxygens (including phenoxy) is 2. The molecule has 20 heavy (non-hydrogen) atoms. The number of rotatable bonds is 5. The van der Waals surface area contributed by atoms with E-state index in [0.717, 1.165) is 5.75 Å². The Bertz CT molecular complexity index is 459. The molecular formula is C15H19NO4. The summed E-state index contributed by atoms with van der Waals surface area (Å²) in [5.74, 6) is 1.56. The summed E-state index contributed by atoms with van der Waals surface area (Å²) in [6.45, 7) is 3.55. The largest absolute Gasteiger partial charge is 0.494 e. The molecule has 5 nitrogen and oxygen atoms in total. The SMILES string of the molecule is CCOc1ccc(OCC(=O)N2CCC(=O)CC2)cc1. The third-order valence-corrected chi connectivity index (χ3v) is 3.17. The number of likely N-dealkylation sites (tertiary alicyclic amines) is 1. The maximum absolute atomic E-state index is 11.9. The summed E-state index contributed by atoms with van der Waals surface area (Å²) < 4.78 is 10.8. The van der Waals surface area contributed by atoms with Gasteiger partial charge in [0, 0.05) is 25.9 Å². The number of carbonyl (C=O) groups excluding carboxylic acids is 2. The van der Waals surface area contributed by atoms with Gasteiger partial charge in [0.1, 0.15) is 17.3 Å². The molecule has 1 heterocycles. The third-order valence-electron chi connectivity index (χ3n) is 3.17. The lowest BCUT2D eigenvalue weighted by molar-refractivity contribution is -0.136.